The third-order valence-corrected chi connectivity index (χ3v) is 7.04. The highest BCUT2D eigenvalue weighted by atomic mass is 19.1. The van der Waals surface area contributed by atoms with Gasteiger partial charge in [0, 0.05) is 43.6 Å². The van der Waals surface area contributed by atoms with E-state index in [0.29, 0.717) is 50.9 Å². The second-order valence-corrected chi connectivity index (χ2v) is 9.82. The van der Waals surface area contributed by atoms with Crippen molar-refractivity contribution in [3.63, 3.8) is 0 Å². The van der Waals surface area contributed by atoms with E-state index in [1.165, 1.54) is 12.1 Å². The first kappa shape index (κ1) is 25.9. The molecule has 0 bridgehead atoms. The summed E-state index contributed by atoms with van der Waals surface area (Å²) in [7, 11) is 1.61. The van der Waals surface area contributed by atoms with E-state index in [0.717, 1.165) is 24.0 Å². The number of halogens is 1. The van der Waals surface area contributed by atoms with Gasteiger partial charge in [-0.3, -0.25) is 9.59 Å². The van der Waals surface area contributed by atoms with Crippen LogP contribution in [-0.4, -0.2) is 74.7 Å². The van der Waals surface area contributed by atoms with Gasteiger partial charge in [-0.25, -0.2) is 4.39 Å². The smallest absolute Gasteiger partial charge is 0.227 e. The minimum atomic E-state index is -0.533. The first-order chi connectivity index (χ1) is 17.4. The van der Waals surface area contributed by atoms with Gasteiger partial charge in [-0.05, 0) is 50.1 Å². The number of carbonyl (C=O) groups excluding carboxylic acids is 2. The number of aryl methyl sites for hydroxylation is 1. The monoisotopic (exact) mass is 498 g/mol. The lowest BCUT2D eigenvalue weighted by molar-refractivity contribution is -0.143. The number of rotatable bonds is 8. The second kappa shape index (κ2) is 11.7. The normalized spacial score (nSPS) is 20.2. The van der Waals surface area contributed by atoms with E-state index >= 15 is 0 Å². The quantitative estimate of drug-likeness (QED) is 0.556. The Morgan fingerprint density at radius 3 is 2.50 bits per heavy atom. The Balaban J connectivity index is 1.51. The van der Waals surface area contributed by atoms with Gasteiger partial charge in [0.25, 0.3) is 0 Å². The minimum Gasteiger partial charge on any atom is -0.496 e. The van der Waals surface area contributed by atoms with E-state index in [-0.39, 0.29) is 37.1 Å². The number of hydrogen-bond donors (Lipinski definition) is 0. The van der Waals surface area contributed by atoms with Crippen LogP contribution in [-0.2, 0) is 20.7 Å². The molecule has 2 aromatic carbocycles. The number of amides is 2. The van der Waals surface area contributed by atoms with Gasteiger partial charge in [-0.15, -0.1) is 0 Å². The van der Waals surface area contributed by atoms with Crippen molar-refractivity contribution in [1.82, 2.24) is 9.80 Å². The van der Waals surface area contributed by atoms with Crippen LogP contribution >= 0.6 is 0 Å². The first-order valence-electron chi connectivity index (χ1n) is 12.5. The second-order valence-electron chi connectivity index (χ2n) is 9.82. The summed E-state index contributed by atoms with van der Waals surface area (Å²) in [5.41, 5.74) is 1.38. The molecule has 194 valence electrons. The van der Waals surface area contributed by atoms with Gasteiger partial charge >= 0.3 is 0 Å². The molecule has 0 radical (unpaired) electrons. The molecule has 4 rings (SSSR count). The Hall–Kier alpha value is -3.13. The fraction of sp³-hybridized carbons (Fsp3) is 0.500. The third-order valence-electron chi connectivity index (χ3n) is 7.04. The fourth-order valence-corrected chi connectivity index (χ4v) is 5.07. The van der Waals surface area contributed by atoms with E-state index in [9.17, 15) is 14.0 Å². The van der Waals surface area contributed by atoms with Crippen LogP contribution in [0, 0.1) is 18.2 Å². The molecule has 8 heteroatoms. The number of benzene rings is 2. The maximum absolute atomic E-state index is 13.4. The molecule has 36 heavy (non-hydrogen) atoms. The Morgan fingerprint density at radius 1 is 1.03 bits per heavy atom. The zero-order valence-corrected chi connectivity index (χ0v) is 21.1. The molecule has 0 aromatic heterocycles. The van der Waals surface area contributed by atoms with Crippen molar-refractivity contribution in [3.05, 3.63) is 59.4 Å². The molecule has 2 saturated heterocycles. The van der Waals surface area contributed by atoms with Crippen LogP contribution < -0.4 is 9.47 Å². The lowest BCUT2D eigenvalue weighted by Crippen LogP contribution is -2.52. The van der Waals surface area contributed by atoms with Gasteiger partial charge in [0.2, 0.25) is 11.8 Å². The highest BCUT2D eigenvalue weighted by Gasteiger charge is 2.41. The Morgan fingerprint density at radius 2 is 1.78 bits per heavy atom. The highest BCUT2D eigenvalue weighted by Crippen LogP contribution is 2.36. The summed E-state index contributed by atoms with van der Waals surface area (Å²) < 4.78 is 30.3. The summed E-state index contributed by atoms with van der Waals surface area (Å²) in [5, 5.41) is 0. The van der Waals surface area contributed by atoms with Crippen LogP contribution in [0.1, 0.15) is 30.4 Å². The lowest BCUT2D eigenvalue weighted by Gasteiger charge is -2.43. The molecule has 0 unspecified atom stereocenters. The number of piperidine rings is 1. The van der Waals surface area contributed by atoms with Crippen molar-refractivity contribution in [2.45, 2.75) is 32.6 Å². The van der Waals surface area contributed by atoms with E-state index in [2.05, 4.69) is 0 Å². The van der Waals surface area contributed by atoms with Gasteiger partial charge in [0.1, 0.15) is 17.3 Å². The van der Waals surface area contributed by atoms with Gasteiger partial charge in [0.05, 0.1) is 33.4 Å². The highest BCUT2D eigenvalue weighted by molar-refractivity contribution is 5.80. The van der Waals surface area contributed by atoms with Gasteiger partial charge < -0.3 is 24.0 Å². The number of methoxy groups -OCH3 is 1. The van der Waals surface area contributed by atoms with Crippen molar-refractivity contribution in [3.8, 4) is 11.5 Å². The standard InChI is InChI=1S/C28H35FN2O5/c1-21-4-9-25(34-2)22(16-21)17-26(32)31-11-3-10-28(19-31,18-27(33)30-12-14-35-15-13-30)20-36-24-7-5-23(29)6-8-24/h4-9,16H,3,10-15,17-20H2,1-2H3/t28-/m1/s1. The molecule has 0 saturated carbocycles. The molecule has 2 fully saturated rings. The number of hydrogen-bond acceptors (Lipinski definition) is 5. The van der Waals surface area contributed by atoms with E-state index < -0.39 is 5.41 Å². The van der Waals surface area contributed by atoms with Crippen LogP contribution in [0.15, 0.2) is 42.5 Å². The van der Waals surface area contributed by atoms with Crippen LogP contribution in [0.4, 0.5) is 4.39 Å². The fourth-order valence-electron chi connectivity index (χ4n) is 5.07. The summed E-state index contributed by atoms with van der Waals surface area (Å²) in [5.74, 6) is 0.960. The summed E-state index contributed by atoms with van der Waals surface area (Å²) in [6, 6.07) is 11.7. The zero-order chi connectivity index (χ0) is 25.5. The third kappa shape index (κ3) is 6.55. The van der Waals surface area contributed by atoms with Crippen molar-refractivity contribution >= 4 is 11.8 Å². The van der Waals surface area contributed by atoms with Crippen LogP contribution in [0.5, 0.6) is 11.5 Å². The molecule has 2 amide bonds. The van der Waals surface area contributed by atoms with Crippen molar-refractivity contribution in [1.29, 1.82) is 0 Å². The number of morpholine rings is 1. The number of carbonyl (C=O) groups is 2. The molecule has 0 aliphatic carbocycles. The molecule has 7 nitrogen and oxygen atoms in total. The topological polar surface area (TPSA) is 68.3 Å². The Kier molecular flexibility index (Phi) is 8.46. The maximum atomic E-state index is 13.4. The summed E-state index contributed by atoms with van der Waals surface area (Å²) in [4.78, 5) is 30.4. The zero-order valence-electron chi connectivity index (χ0n) is 21.1. The summed E-state index contributed by atoms with van der Waals surface area (Å²) in [6.45, 7) is 5.54. The molecule has 2 aliphatic heterocycles. The molecule has 2 aliphatic rings. The van der Waals surface area contributed by atoms with Crippen LogP contribution in [0.3, 0.4) is 0 Å². The molecule has 2 heterocycles. The molecular weight excluding hydrogens is 463 g/mol. The van der Waals surface area contributed by atoms with Gasteiger partial charge in [0.15, 0.2) is 0 Å². The van der Waals surface area contributed by atoms with Crippen molar-refractivity contribution in [2.24, 2.45) is 5.41 Å². The SMILES string of the molecule is COc1ccc(C)cc1CC(=O)N1CCC[C@@](COc2ccc(F)cc2)(CC(=O)N2CCOCC2)C1. The van der Waals surface area contributed by atoms with Crippen LogP contribution in [0.2, 0.25) is 0 Å². The summed E-state index contributed by atoms with van der Waals surface area (Å²) in [6.07, 6.45) is 2.06. The van der Waals surface area contributed by atoms with E-state index in [1.54, 1.807) is 19.2 Å². The Bertz CT molecular complexity index is 1050. The lowest BCUT2D eigenvalue weighted by atomic mass is 9.77. The largest absolute Gasteiger partial charge is 0.496 e. The Labute approximate surface area is 212 Å². The first-order valence-corrected chi connectivity index (χ1v) is 12.5. The van der Waals surface area contributed by atoms with Crippen LogP contribution in [0.25, 0.3) is 0 Å². The minimum absolute atomic E-state index is 0.00331. The molecule has 2 aromatic rings. The molecular formula is C28H35FN2O5. The predicted octanol–water partition coefficient (Wildman–Crippen LogP) is 3.62. The van der Waals surface area contributed by atoms with Gasteiger partial charge in [-0.1, -0.05) is 17.7 Å². The number of ether oxygens (including phenoxy) is 3. The van der Waals surface area contributed by atoms with E-state index in [4.69, 9.17) is 14.2 Å². The molecule has 0 spiro atoms. The average Bonchev–Trinajstić information content (AvgIpc) is 2.89. The van der Waals surface area contributed by atoms with Gasteiger partial charge in [-0.2, -0.15) is 0 Å². The molecule has 0 N–H and O–H groups in total. The predicted molar refractivity (Wildman–Crippen MR) is 134 cm³/mol. The average molecular weight is 499 g/mol. The van der Waals surface area contributed by atoms with E-state index in [1.807, 2.05) is 34.9 Å². The number of likely N-dealkylation sites (tertiary alicyclic amines) is 1. The summed E-state index contributed by atoms with van der Waals surface area (Å²) >= 11 is 0. The molecule has 1 atom stereocenters. The van der Waals surface area contributed by atoms with Crippen molar-refractivity contribution < 1.29 is 28.2 Å². The van der Waals surface area contributed by atoms with Crippen molar-refractivity contribution in [2.75, 3.05) is 53.1 Å². The maximum Gasteiger partial charge on any atom is 0.227 e. The number of nitrogens with zero attached hydrogens (tertiary/aromatic N) is 2.